The molecule has 1 spiro atoms. The summed E-state index contributed by atoms with van der Waals surface area (Å²) < 4.78 is 14.0. The summed E-state index contributed by atoms with van der Waals surface area (Å²) in [4.78, 5) is 12.6. The van der Waals surface area contributed by atoms with E-state index in [9.17, 15) is 0 Å². The number of furan rings is 1. The molecule has 11 rings (SSSR count). The van der Waals surface area contributed by atoms with Crippen LogP contribution in [-0.2, 0) is 5.41 Å². The summed E-state index contributed by atoms with van der Waals surface area (Å²) in [6.07, 6.45) is 0. The molecule has 5 heteroatoms. The van der Waals surface area contributed by atoms with Gasteiger partial charge in [-0.2, -0.15) is 0 Å². The zero-order valence-electron chi connectivity index (χ0n) is 25.5. The molecule has 0 radical (unpaired) electrons. The van der Waals surface area contributed by atoms with E-state index in [0.29, 0.717) is 5.82 Å². The maximum Gasteiger partial charge on any atom is 0.160 e. The highest BCUT2D eigenvalue weighted by Crippen LogP contribution is 2.67. The lowest BCUT2D eigenvalue weighted by atomic mass is 9.76. The molecule has 0 saturated heterocycles. The number of nitrogens with zero attached hydrogens (tertiary/aromatic N) is 2. The number of allylic oxidation sites excluding steroid dienone is 1. The summed E-state index contributed by atoms with van der Waals surface area (Å²) in [7, 11) is 0. The molecule has 0 N–H and O–H groups in total. The number of para-hydroxylation sites is 3. The van der Waals surface area contributed by atoms with E-state index in [4.69, 9.17) is 19.1 Å². The van der Waals surface area contributed by atoms with Crippen LogP contribution in [0.15, 0.2) is 161 Å². The van der Waals surface area contributed by atoms with E-state index in [1.807, 2.05) is 30.3 Å². The highest BCUT2D eigenvalue weighted by Gasteiger charge is 2.59. The molecule has 2 aliphatic carbocycles. The summed E-state index contributed by atoms with van der Waals surface area (Å²) in [5.41, 5.74) is 9.65. The van der Waals surface area contributed by atoms with Gasteiger partial charge < -0.3 is 9.15 Å². The summed E-state index contributed by atoms with van der Waals surface area (Å²) in [5, 5.41) is 2.13. The van der Waals surface area contributed by atoms with Crippen LogP contribution in [-0.4, -0.2) is 9.97 Å². The van der Waals surface area contributed by atoms with Gasteiger partial charge in [0.15, 0.2) is 5.82 Å². The topological polar surface area (TPSA) is 48.2 Å². The largest absolute Gasteiger partial charge is 0.459 e. The maximum atomic E-state index is 7.04. The number of ether oxygens (including phenoxy) is 1. The minimum Gasteiger partial charge on any atom is -0.459 e. The van der Waals surface area contributed by atoms with Gasteiger partial charge in [-0.05, 0) is 52.6 Å². The number of benzene rings is 6. The number of aromatic nitrogens is 2. The van der Waals surface area contributed by atoms with E-state index in [0.717, 1.165) is 88.0 Å². The number of hydrogen-bond donors (Lipinski definition) is 0. The molecule has 4 nitrogen and oxygen atoms in total. The third kappa shape index (κ3) is 3.36. The average Bonchev–Trinajstić information content (AvgIpc) is 3.77. The first kappa shape index (κ1) is 26.2. The normalized spacial score (nSPS) is 16.8. The van der Waals surface area contributed by atoms with Crippen molar-refractivity contribution in [2.45, 2.75) is 10.3 Å². The molecule has 1 atom stereocenters. The Labute approximate surface area is 280 Å². The zero-order chi connectivity index (χ0) is 31.4. The first-order valence-corrected chi connectivity index (χ1v) is 16.9. The Balaban J connectivity index is 1.22. The first-order valence-electron chi connectivity index (χ1n) is 16.1. The van der Waals surface area contributed by atoms with Crippen molar-refractivity contribution in [2.24, 2.45) is 0 Å². The summed E-state index contributed by atoms with van der Waals surface area (Å²) in [6.45, 7) is 0. The van der Waals surface area contributed by atoms with Gasteiger partial charge in [-0.15, -0.1) is 0 Å². The third-order valence-corrected chi connectivity index (χ3v) is 11.1. The molecular formula is C43H24N2O2S. The molecular weight excluding hydrogens is 609 g/mol. The van der Waals surface area contributed by atoms with Gasteiger partial charge >= 0.3 is 0 Å². The predicted molar refractivity (Wildman–Crippen MR) is 192 cm³/mol. The molecule has 1 aliphatic heterocycles. The third-order valence-electron chi connectivity index (χ3n) is 9.94. The molecule has 224 valence electrons. The van der Waals surface area contributed by atoms with Crippen molar-refractivity contribution >= 4 is 38.5 Å². The van der Waals surface area contributed by atoms with Crippen LogP contribution in [0.4, 0.5) is 0 Å². The van der Waals surface area contributed by atoms with Crippen molar-refractivity contribution < 1.29 is 9.15 Å². The molecule has 48 heavy (non-hydrogen) atoms. The van der Waals surface area contributed by atoms with E-state index >= 15 is 0 Å². The lowest BCUT2D eigenvalue weighted by molar-refractivity contribution is 0.343. The summed E-state index contributed by atoms with van der Waals surface area (Å²) in [6, 6.07) is 50.6. The molecule has 0 amide bonds. The second-order valence-corrected chi connectivity index (χ2v) is 13.5. The van der Waals surface area contributed by atoms with E-state index in [2.05, 4.69) is 115 Å². The highest BCUT2D eigenvalue weighted by molar-refractivity contribution is 8.08. The smallest absolute Gasteiger partial charge is 0.160 e. The van der Waals surface area contributed by atoms with Crippen molar-refractivity contribution in [1.82, 2.24) is 9.97 Å². The van der Waals surface area contributed by atoms with Crippen molar-refractivity contribution in [2.75, 3.05) is 0 Å². The average molecular weight is 633 g/mol. The minimum atomic E-state index is -0.786. The lowest BCUT2D eigenvalue weighted by Gasteiger charge is -2.32. The molecule has 0 saturated carbocycles. The Morgan fingerprint density at radius 1 is 0.583 bits per heavy atom. The van der Waals surface area contributed by atoms with Gasteiger partial charge in [0.25, 0.3) is 0 Å². The zero-order valence-corrected chi connectivity index (χ0v) is 26.3. The van der Waals surface area contributed by atoms with Crippen molar-refractivity contribution in [3.63, 3.8) is 0 Å². The van der Waals surface area contributed by atoms with Crippen molar-refractivity contribution in [3.8, 4) is 39.5 Å². The molecule has 3 heterocycles. The van der Waals surface area contributed by atoms with E-state index in [1.165, 1.54) is 5.56 Å². The molecule has 3 aliphatic rings. The SMILES string of the molecule is c1ccc(-c2nc(-c3ccc4c(c3)C3(C5=C(Sc6ccccc6O5)c5c3oc3ccccc53)c3ccccc3-4)nc3ccccc23)cc1. The summed E-state index contributed by atoms with van der Waals surface area (Å²) >= 11 is 1.77. The summed E-state index contributed by atoms with van der Waals surface area (Å²) in [5.74, 6) is 3.35. The molecule has 0 bridgehead atoms. The molecule has 8 aromatic rings. The maximum absolute atomic E-state index is 7.04. The van der Waals surface area contributed by atoms with Gasteiger partial charge in [0.05, 0.1) is 21.0 Å². The molecule has 1 unspecified atom stereocenters. The van der Waals surface area contributed by atoms with E-state index < -0.39 is 5.41 Å². The second-order valence-electron chi connectivity index (χ2n) is 12.4. The van der Waals surface area contributed by atoms with Gasteiger partial charge in [0.1, 0.15) is 28.3 Å². The van der Waals surface area contributed by atoms with Crippen LogP contribution in [0, 0.1) is 0 Å². The Morgan fingerprint density at radius 2 is 1.33 bits per heavy atom. The van der Waals surface area contributed by atoms with Crippen LogP contribution in [0.1, 0.15) is 22.5 Å². The number of thioether (sulfide) groups is 1. The van der Waals surface area contributed by atoms with Gasteiger partial charge in [-0.3, -0.25) is 0 Å². The Bertz CT molecular complexity index is 2690. The number of hydrogen-bond acceptors (Lipinski definition) is 5. The van der Waals surface area contributed by atoms with E-state index in [1.54, 1.807) is 11.8 Å². The Morgan fingerprint density at radius 3 is 2.27 bits per heavy atom. The van der Waals surface area contributed by atoms with Gasteiger partial charge in [-0.1, -0.05) is 127 Å². The highest BCUT2D eigenvalue weighted by atomic mass is 32.2. The quantitative estimate of drug-likeness (QED) is 0.190. The fraction of sp³-hybridized carbons (Fsp3) is 0.0233. The fourth-order valence-electron chi connectivity index (χ4n) is 7.91. The van der Waals surface area contributed by atoms with Crippen LogP contribution < -0.4 is 4.74 Å². The second kappa shape index (κ2) is 9.57. The number of rotatable bonds is 2. The minimum absolute atomic E-state index is 0.683. The van der Waals surface area contributed by atoms with Crippen molar-refractivity contribution in [1.29, 1.82) is 0 Å². The van der Waals surface area contributed by atoms with Crippen LogP contribution in [0.3, 0.4) is 0 Å². The Hall–Kier alpha value is -5.91. The van der Waals surface area contributed by atoms with Crippen molar-refractivity contribution in [3.05, 3.63) is 174 Å². The Kier molecular flexibility index (Phi) is 5.22. The van der Waals surface area contributed by atoms with Crippen LogP contribution in [0.5, 0.6) is 5.75 Å². The van der Waals surface area contributed by atoms with Gasteiger partial charge in [-0.25, -0.2) is 9.97 Å². The van der Waals surface area contributed by atoms with Crippen LogP contribution in [0.25, 0.3) is 60.5 Å². The van der Waals surface area contributed by atoms with Crippen LogP contribution in [0.2, 0.25) is 0 Å². The first-order chi connectivity index (χ1) is 23.8. The standard InChI is InChI=1S/C43H24N2O2S/c1-2-12-25(13-3-1)38-29-15-5-8-18-33(29)44-42(45-38)26-22-23-28-27-14-4-7-17-31(27)43(32(28)24-26)40-37(30-16-6-9-19-34(30)46-40)39-41(43)47-35-20-10-11-21-36(35)48-39/h1-24H. The fourth-order valence-corrected chi connectivity index (χ4v) is 9.08. The van der Waals surface area contributed by atoms with E-state index in [-0.39, 0.29) is 0 Å². The number of fused-ring (bicyclic) bond motifs is 13. The predicted octanol–water partition coefficient (Wildman–Crippen LogP) is 10.9. The molecule has 6 aromatic carbocycles. The monoisotopic (exact) mass is 632 g/mol. The molecule has 2 aromatic heterocycles. The van der Waals surface area contributed by atoms with Gasteiger partial charge in [0.2, 0.25) is 0 Å². The molecule has 0 fully saturated rings. The van der Waals surface area contributed by atoms with Gasteiger partial charge in [0, 0.05) is 27.5 Å². The van der Waals surface area contributed by atoms with Crippen LogP contribution >= 0.6 is 11.8 Å². The lowest BCUT2D eigenvalue weighted by Crippen LogP contribution is -2.30.